The van der Waals surface area contributed by atoms with Crippen LogP contribution in [0.1, 0.15) is 25.0 Å². The number of rotatable bonds is 12. The lowest BCUT2D eigenvalue weighted by Crippen LogP contribution is -2.57. The van der Waals surface area contributed by atoms with Crippen molar-refractivity contribution < 1.29 is 33.8 Å². The van der Waals surface area contributed by atoms with Gasteiger partial charge in [-0.2, -0.15) is 0 Å². The molecule has 3 amide bonds. The minimum absolute atomic E-state index is 0.112. The van der Waals surface area contributed by atoms with Crippen LogP contribution in [0.3, 0.4) is 0 Å². The summed E-state index contributed by atoms with van der Waals surface area (Å²) in [5.74, 6) is -0.862. The fraction of sp³-hybridized carbons (Fsp3) is 0.385. The minimum Gasteiger partial charge on any atom is -0.497 e. The van der Waals surface area contributed by atoms with Gasteiger partial charge in [0.1, 0.15) is 23.4 Å². The second-order valence-corrected chi connectivity index (χ2v) is 8.92. The number of methoxy groups -OCH3 is 1. The number of Topliss-reactive ketones (excluding diaryl/α,β-unsaturated/α-hetero) is 1. The third-order valence-electron chi connectivity index (χ3n) is 5.98. The van der Waals surface area contributed by atoms with Gasteiger partial charge in [0.2, 0.25) is 11.8 Å². The molecular weight excluding hydrogens is 466 g/mol. The van der Waals surface area contributed by atoms with Crippen molar-refractivity contribution in [1.29, 1.82) is 0 Å². The normalized spacial score (nSPS) is 18.8. The molecule has 4 atom stereocenters. The molecule has 10 nitrogen and oxygen atoms in total. The van der Waals surface area contributed by atoms with Crippen LogP contribution in [-0.2, 0) is 32.0 Å². The highest BCUT2D eigenvalue weighted by Gasteiger charge is 2.50. The summed E-state index contributed by atoms with van der Waals surface area (Å²) in [6, 6.07) is 13.2. The van der Waals surface area contributed by atoms with Crippen molar-refractivity contribution in [2.24, 2.45) is 0 Å². The van der Waals surface area contributed by atoms with Crippen LogP contribution >= 0.6 is 0 Å². The number of nitrogens with one attached hydrogen (secondary N) is 3. The van der Waals surface area contributed by atoms with Gasteiger partial charge in [-0.3, -0.25) is 14.4 Å². The maximum Gasteiger partial charge on any atom is 0.405 e. The van der Waals surface area contributed by atoms with E-state index in [0.717, 1.165) is 11.1 Å². The van der Waals surface area contributed by atoms with Crippen LogP contribution in [0.15, 0.2) is 54.6 Å². The standard InChI is InChI=1S/C26H31N3O7/c1-16(27-25(33)34)23(31)29-21(14-18-9-11-19(35-3)12-10-18)24(32)28-20(22(30)26(2)15-36-26)13-17-7-5-4-6-8-17/h4-12,16,20-21,27H,13-15H2,1-3H3,(H,28,32)(H,29,31)(H,33,34)/t16-,20+,21+,26-/m1/s1. The zero-order valence-corrected chi connectivity index (χ0v) is 20.4. The molecule has 36 heavy (non-hydrogen) atoms. The molecule has 0 radical (unpaired) electrons. The van der Waals surface area contributed by atoms with Crippen molar-refractivity contribution in [2.75, 3.05) is 13.7 Å². The summed E-state index contributed by atoms with van der Waals surface area (Å²) in [6.45, 7) is 3.32. The van der Waals surface area contributed by atoms with Gasteiger partial charge in [-0.15, -0.1) is 0 Å². The minimum atomic E-state index is -1.36. The van der Waals surface area contributed by atoms with E-state index in [9.17, 15) is 19.2 Å². The van der Waals surface area contributed by atoms with E-state index in [1.54, 1.807) is 31.2 Å². The number of epoxide rings is 1. The average Bonchev–Trinajstić information content (AvgIpc) is 3.61. The number of ketones is 1. The molecule has 0 aromatic heterocycles. The Hall–Kier alpha value is -3.92. The molecule has 2 aromatic rings. The Morgan fingerprint density at radius 2 is 1.47 bits per heavy atom. The van der Waals surface area contributed by atoms with Gasteiger partial charge < -0.3 is 30.5 Å². The van der Waals surface area contributed by atoms with Crippen LogP contribution in [0.2, 0.25) is 0 Å². The zero-order valence-electron chi connectivity index (χ0n) is 20.4. The second kappa shape index (κ2) is 11.7. The maximum absolute atomic E-state index is 13.4. The van der Waals surface area contributed by atoms with E-state index in [1.165, 1.54) is 14.0 Å². The van der Waals surface area contributed by atoms with Crippen molar-refractivity contribution in [2.45, 2.75) is 50.4 Å². The van der Waals surface area contributed by atoms with Crippen molar-refractivity contribution in [3.8, 4) is 5.75 Å². The smallest absolute Gasteiger partial charge is 0.405 e. The molecule has 1 aliphatic heterocycles. The summed E-state index contributed by atoms with van der Waals surface area (Å²) in [4.78, 5) is 50.2. The number of carbonyl (C=O) groups is 4. The van der Waals surface area contributed by atoms with Crippen molar-refractivity contribution in [3.05, 3.63) is 65.7 Å². The largest absolute Gasteiger partial charge is 0.497 e. The zero-order chi connectivity index (χ0) is 26.3. The summed E-state index contributed by atoms with van der Waals surface area (Å²) in [6.07, 6.45) is -0.994. The predicted molar refractivity (Wildman–Crippen MR) is 131 cm³/mol. The Morgan fingerprint density at radius 3 is 2.03 bits per heavy atom. The number of hydrogen-bond acceptors (Lipinski definition) is 6. The third kappa shape index (κ3) is 7.29. The van der Waals surface area contributed by atoms with Gasteiger partial charge in [-0.05, 0) is 43.5 Å². The second-order valence-electron chi connectivity index (χ2n) is 8.92. The number of benzene rings is 2. The van der Waals surface area contributed by atoms with Gasteiger partial charge in [0, 0.05) is 6.42 Å². The lowest BCUT2D eigenvalue weighted by Gasteiger charge is -2.25. The van der Waals surface area contributed by atoms with E-state index in [4.69, 9.17) is 14.6 Å². The summed E-state index contributed by atoms with van der Waals surface area (Å²) in [5, 5.41) is 16.4. The predicted octanol–water partition coefficient (Wildman–Crippen LogP) is 1.46. The van der Waals surface area contributed by atoms with Crippen molar-refractivity contribution in [1.82, 2.24) is 16.0 Å². The molecule has 0 aliphatic carbocycles. The highest BCUT2D eigenvalue weighted by molar-refractivity contribution is 5.98. The first-order chi connectivity index (χ1) is 17.1. The van der Waals surface area contributed by atoms with Crippen molar-refractivity contribution >= 4 is 23.7 Å². The molecule has 10 heteroatoms. The molecule has 4 N–H and O–H groups in total. The molecule has 1 aliphatic rings. The molecule has 192 valence electrons. The molecule has 1 fully saturated rings. The summed E-state index contributed by atoms with van der Waals surface area (Å²) >= 11 is 0. The molecular formula is C26H31N3O7. The monoisotopic (exact) mass is 497 g/mol. The van der Waals surface area contributed by atoms with Crippen LogP contribution < -0.4 is 20.7 Å². The Balaban J connectivity index is 1.81. The first kappa shape index (κ1) is 26.7. The molecule has 1 heterocycles. The SMILES string of the molecule is COc1ccc(C[C@H](NC(=O)[C@@H](C)NC(=O)O)C(=O)N[C@@H](Cc2ccccc2)C(=O)[C@@]2(C)CO2)cc1. The topological polar surface area (TPSA) is 146 Å². The fourth-order valence-electron chi connectivity index (χ4n) is 3.70. The van der Waals surface area contributed by atoms with Crippen LogP contribution in [0.5, 0.6) is 5.75 Å². The lowest BCUT2D eigenvalue weighted by atomic mass is 9.94. The molecule has 2 aromatic carbocycles. The number of amides is 3. The van der Waals surface area contributed by atoms with Gasteiger partial charge in [0.15, 0.2) is 5.78 Å². The average molecular weight is 498 g/mol. The van der Waals surface area contributed by atoms with E-state index in [1.807, 2.05) is 30.3 Å². The number of ether oxygens (including phenoxy) is 2. The first-order valence-corrected chi connectivity index (χ1v) is 11.6. The fourth-order valence-corrected chi connectivity index (χ4v) is 3.70. The van der Waals surface area contributed by atoms with Crippen LogP contribution in [0.25, 0.3) is 0 Å². The van der Waals surface area contributed by atoms with Crippen molar-refractivity contribution in [3.63, 3.8) is 0 Å². The summed E-state index contributed by atoms with van der Waals surface area (Å²) in [7, 11) is 1.54. The Bertz CT molecular complexity index is 1080. The van der Waals surface area contributed by atoms with Gasteiger partial charge >= 0.3 is 6.09 Å². The summed E-state index contributed by atoms with van der Waals surface area (Å²) in [5.41, 5.74) is 0.635. The number of hydrogen-bond donors (Lipinski definition) is 4. The van der Waals surface area contributed by atoms with E-state index >= 15 is 0 Å². The van der Waals surface area contributed by atoms with Crippen LogP contribution in [0.4, 0.5) is 4.79 Å². The molecule has 0 bridgehead atoms. The Kier molecular flexibility index (Phi) is 8.65. The van der Waals surface area contributed by atoms with E-state index in [0.29, 0.717) is 5.75 Å². The Labute approximate surface area is 209 Å². The molecule has 1 saturated heterocycles. The first-order valence-electron chi connectivity index (χ1n) is 11.6. The number of carbonyl (C=O) groups excluding carboxylic acids is 3. The number of carboxylic acid groups (broad SMARTS) is 1. The van der Waals surface area contributed by atoms with E-state index in [-0.39, 0.29) is 25.2 Å². The van der Waals surface area contributed by atoms with Crippen LogP contribution in [-0.4, -0.2) is 66.2 Å². The van der Waals surface area contributed by atoms with Gasteiger partial charge in [0.05, 0.1) is 19.8 Å². The van der Waals surface area contributed by atoms with E-state index < -0.39 is 41.6 Å². The highest BCUT2D eigenvalue weighted by Crippen LogP contribution is 2.29. The van der Waals surface area contributed by atoms with Gasteiger partial charge in [-0.1, -0.05) is 42.5 Å². The molecule has 3 rings (SSSR count). The lowest BCUT2D eigenvalue weighted by molar-refractivity contribution is -0.133. The van der Waals surface area contributed by atoms with Gasteiger partial charge in [0.25, 0.3) is 0 Å². The van der Waals surface area contributed by atoms with Crippen LogP contribution in [0, 0.1) is 0 Å². The Morgan fingerprint density at radius 1 is 0.917 bits per heavy atom. The quantitative estimate of drug-likeness (QED) is 0.325. The summed E-state index contributed by atoms with van der Waals surface area (Å²) < 4.78 is 10.5. The molecule has 0 spiro atoms. The third-order valence-corrected chi connectivity index (χ3v) is 5.98. The molecule has 0 saturated carbocycles. The van der Waals surface area contributed by atoms with Gasteiger partial charge in [-0.25, -0.2) is 4.79 Å². The maximum atomic E-state index is 13.4. The molecule has 0 unspecified atom stereocenters. The highest BCUT2D eigenvalue weighted by atomic mass is 16.6. The van der Waals surface area contributed by atoms with E-state index in [2.05, 4.69) is 16.0 Å².